The zero-order valence-corrected chi connectivity index (χ0v) is 20.0. The standard InChI is InChI=1S/C25H34N2O7/c1-4-13-34-25(31)27-20-16-22(33-14-9-5-6-10-17(2)28)21(32-3)15-18(20)23(29)26-12-8-7-11-19(26)24(27)30/h4,15-16,19,24,30H,1,5-14H2,2-3H3/t19-,24-/m0/s1. The second kappa shape index (κ2) is 11.9. The highest BCUT2D eigenvalue weighted by Gasteiger charge is 2.44. The van der Waals surface area contributed by atoms with Crippen LogP contribution in [0.15, 0.2) is 24.8 Å². The zero-order valence-electron chi connectivity index (χ0n) is 20.0. The molecule has 3 rings (SSSR count). The summed E-state index contributed by atoms with van der Waals surface area (Å²) in [5.41, 5.74) is 0.456. The number of aliphatic hydroxyl groups is 1. The van der Waals surface area contributed by atoms with Crippen LogP contribution in [0.2, 0.25) is 0 Å². The second-order valence-electron chi connectivity index (χ2n) is 8.59. The van der Waals surface area contributed by atoms with Gasteiger partial charge in [-0.15, -0.1) is 0 Å². The summed E-state index contributed by atoms with van der Waals surface area (Å²) >= 11 is 0. The van der Waals surface area contributed by atoms with E-state index in [1.165, 1.54) is 13.2 Å². The molecule has 186 valence electrons. The molecule has 1 saturated heterocycles. The van der Waals surface area contributed by atoms with Crippen LogP contribution in [0.5, 0.6) is 11.5 Å². The van der Waals surface area contributed by atoms with Crippen LogP contribution in [0.25, 0.3) is 0 Å². The molecule has 2 amide bonds. The van der Waals surface area contributed by atoms with E-state index in [1.807, 2.05) is 0 Å². The van der Waals surface area contributed by atoms with Gasteiger partial charge in [0, 0.05) is 19.0 Å². The molecule has 0 bridgehead atoms. The fourth-order valence-corrected chi connectivity index (χ4v) is 4.42. The van der Waals surface area contributed by atoms with Gasteiger partial charge in [0.05, 0.1) is 31.0 Å². The van der Waals surface area contributed by atoms with E-state index in [-0.39, 0.29) is 29.5 Å². The monoisotopic (exact) mass is 474 g/mol. The first kappa shape index (κ1) is 25.6. The number of amides is 2. The number of ketones is 1. The van der Waals surface area contributed by atoms with Crippen molar-refractivity contribution >= 4 is 23.5 Å². The molecule has 0 radical (unpaired) electrons. The Labute approximate surface area is 200 Å². The molecule has 9 nitrogen and oxygen atoms in total. The average molecular weight is 475 g/mol. The third-order valence-corrected chi connectivity index (χ3v) is 6.14. The molecule has 2 aliphatic rings. The lowest BCUT2D eigenvalue weighted by molar-refractivity contribution is -0.117. The van der Waals surface area contributed by atoms with Gasteiger partial charge in [0.1, 0.15) is 12.4 Å². The van der Waals surface area contributed by atoms with Crippen molar-refractivity contribution in [2.24, 2.45) is 0 Å². The Bertz CT molecular complexity index is 917. The number of unbranched alkanes of at least 4 members (excludes halogenated alkanes) is 2. The van der Waals surface area contributed by atoms with Crippen molar-refractivity contribution in [3.63, 3.8) is 0 Å². The van der Waals surface area contributed by atoms with Crippen molar-refractivity contribution in [2.45, 2.75) is 64.1 Å². The van der Waals surface area contributed by atoms with E-state index in [4.69, 9.17) is 14.2 Å². The van der Waals surface area contributed by atoms with Crippen LogP contribution < -0.4 is 14.4 Å². The smallest absolute Gasteiger partial charge is 0.416 e. The Morgan fingerprint density at radius 1 is 1.21 bits per heavy atom. The van der Waals surface area contributed by atoms with Crippen molar-refractivity contribution in [3.05, 3.63) is 30.4 Å². The van der Waals surface area contributed by atoms with Gasteiger partial charge in [0.2, 0.25) is 0 Å². The Morgan fingerprint density at radius 3 is 2.71 bits per heavy atom. The predicted molar refractivity (Wildman–Crippen MR) is 126 cm³/mol. The minimum atomic E-state index is -1.27. The van der Waals surface area contributed by atoms with Crippen LogP contribution in [0.4, 0.5) is 10.5 Å². The van der Waals surface area contributed by atoms with E-state index < -0.39 is 18.4 Å². The Hall–Kier alpha value is -3.07. The Morgan fingerprint density at radius 2 is 2.00 bits per heavy atom. The SMILES string of the molecule is C=CCOC(=O)N1c2cc(OCCCCCC(C)=O)c(OC)cc2C(=O)N2CCCC[C@H]2[C@@H]1O. The van der Waals surface area contributed by atoms with Crippen LogP contribution in [-0.4, -0.2) is 66.9 Å². The summed E-state index contributed by atoms with van der Waals surface area (Å²) in [4.78, 5) is 40.3. The molecule has 2 atom stereocenters. The van der Waals surface area contributed by atoms with E-state index in [0.717, 1.165) is 37.0 Å². The number of rotatable bonds is 10. The summed E-state index contributed by atoms with van der Waals surface area (Å²) in [6, 6.07) is 2.57. The number of benzene rings is 1. The fraction of sp³-hybridized carbons (Fsp3) is 0.560. The molecule has 1 N–H and O–H groups in total. The second-order valence-corrected chi connectivity index (χ2v) is 8.59. The molecule has 0 aliphatic carbocycles. The topological polar surface area (TPSA) is 106 Å². The maximum absolute atomic E-state index is 13.5. The summed E-state index contributed by atoms with van der Waals surface area (Å²) < 4.78 is 16.7. The lowest BCUT2D eigenvalue weighted by atomic mass is 10.0. The van der Waals surface area contributed by atoms with Crippen molar-refractivity contribution in [1.82, 2.24) is 4.90 Å². The van der Waals surface area contributed by atoms with Crippen molar-refractivity contribution in [3.8, 4) is 11.5 Å². The first-order chi connectivity index (χ1) is 16.4. The van der Waals surface area contributed by atoms with E-state index in [9.17, 15) is 19.5 Å². The number of fused-ring (bicyclic) bond motifs is 2. The Kier molecular flexibility index (Phi) is 8.92. The van der Waals surface area contributed by atoms with Crippen molar-refractivity contribution in [2.75, 3.05) is 31.8 Å². The highest BCUT2D eigenvalue weighted by Crippen LogP contribution is 2.41. The summed E-state index contributed by atoms with van der Waals surface area (Å²) in [5, 5.41) is 11.2. The third kappa shape index (κ3) is 5.70. The van der Waals surface area contributed by atoms with E-state index in [1.54, 1.807) is 24.0 Å². The van der Waals surface area contributed by atoms with Crippen LogP contribution in [0.1, 0.15) is 62.2 Å². The third-order valence-electron chi connectivity index (χ3n) is 6.14. The van der Waals surface area contributed by atoms with Crippen LogP contribution in [-0.2, 0) is 9.53 Å². The highest BCUT2D eigenvalue weighted by molar-refractivity contribution is 6.05. The van der Waals surface area contributed by atoms with Crippen molar-refractivity contribution in [1.29, 1.82) is 0 Å². The predicted octanol–water partition coefficient (Wildman–Crippen LogP) is 3.68. The lowest BCUT2D eigenvalue weighted by Crippen LogP contribution is -2.55. The van der Waals surface area contributed by atoms with Gasteiger partial charge in [-0.05, 0) is 51.5 Å². The maximum Gasteiger partial charge on any atom is 0.416 e. The fourth-order valence-electron chi connectivity index (χ4n) is 4.42. The average Bonchev–Trinajstić information content (AvgIpc) is 2.92. The van der Waals surface area contributed by atoms with Gasteiger partial charge in [-0.3, -0.25) is 4.79 Å². The number of ether oxygens (including phenoxy) is 3. The van der Waals surface area contributed by atoms with Crippen LogP contribution in [0.3, 0.4) is 0 Å². The van der Waals surface area contributed by atoms with Gasteiger partial charge in [0.15, 0.2) is 17.7 Å². The van der Waals surface area contributed by atoms with Crippen LogP contribution >= 0.6 is 0 Å². The van der Waals surface area contributed by atoms with E-state index in [0.29, 0.717) is 37.5 Å². The molecular formula is C25H34N2O7. The number of nitrogens with zero attached hydrogens (tertiary/aromatic N) is 2. The summed E-state index contributed by atoms with van der Waals surface area (Å²) in [7, 11) is 1.48. The van der Waals surface area contributed by atoms with Crippen molar-refractivity contribution < 1.29 is 33.7 Å². The number of hydrogen-bond donors (Lipinski definition) is 1. The molecule has 2 aliphatic heterocycles. The van der Waals surface area contributed by atoms with E-state index in [2.05, 4.69) is 6.58 Å². The molecule has 1 aromatic rings. The number of Topliss-reactive ketones (excluding diaryl/α,β-unsaturated/α-hetero) is 1. The summed E-state index contributed by atoms with van der Waals surface area (Å²) in [5.74, 6) is 0.609. The molecular weight excluding hydrogens is 440 g/mol. The molecule has 0 spiro atoms. The van der Waals surface area contributed by atoms with Gasteiger partial charge in [-0.1, -0.05) is 12.7 Å². The van der Waals surface area contributed by atoms with Gasteiger partial charge >= 0.3 is 6.09 Å². The maximum atomic E-state index is 13.5. The molecule has 34 heavy (non-hydrogen) atoms. The summed E-state index contributed by atoms with van der Waals surface area (Å²) in [6.45, 7) is 5.98. The molecule has 1 fully saturated rings. The summed E-state index contributed by atoms with van der Waals surface area (Å²) in [6.07, 6.45) is 4.55. The highest BCUT2D eigenvalue weighted by atomic mass is 16.6. The number of carbonyl (C=O) groups excluding carboxylic acids is 3. The normalized spacial score (nSPS) is 19.6. The van der Waals surface area contributed by atoms with Gasteiger partial charge in [-0.25, -0.2) is 9.69 Å². The number of methoxy groups -OCH3 is 1. The molecule has 0 unspecified atom stereocenters. The number of carbonyl (C=O) groups is 3. The molecule has 9 heteroatoms. The number of hydrogen-bond acceptors (Lipinski definition) is 7. The van der Waals surface area contributed by atoms with Gasteiger partial charge < -0.3 is 29.0 Å². The Balaban J connectivity index is 1.93. The quantitative estimate of drug-likeness (QED) is 0.407. The lowest BCUT2D eigenvalue weighted by Gasteiger charge is -2.38. The number of anilines is 1. The number of piperidine rings is 1. The van der Waals surface area contributed by atoms with Gasteiger partial charge in [0.25, 0.3) is 5.91 Å². The minimum absolute atomic E-state index is 0.0283. The van der Waals surface area contributed by atoms with E-state index >= 15 is 0 Å². The molecule has 0 saturated carbocycles. The van der Waals surface area contributed by atoms with Gasteiger partial charge in [-0.2, -0.15) is 0 Å². The first-order valence-corrected chi connectivity index (χ1v) is 11.8. The first-order valence-electron chi connectivity index (χ1n) is 11.8. The molecule has 0 aromatic heterocycles. The van der Waals surface area contributed by atoms with Crippen LogP contribution in [0, 0.1) is 0 Å². The molecule has 2 heterocycles. The molecule has 1 aromatic carbocycles. The minimum Gasteiger partial charge on any atom is -0.493 e. The zero-order chi connectivity index (χ0) is 24.7. The number of aliphatic hydroxyl groups excluding tert-OH is 1. The largest absolute Gasteiger partial charge is 0.493 e.